The van der Waals surface area contributed by atoms with Gasteiger partial charge in [-0.25, -0.2) is 8.42 Å². The summed E-state index contributed by atoms with van der Waals surface area (Å²) in [6.07, 6.45) is 2.67. The van der Waals surface area contributed by atoms with Crippen molar-refractivity contribution in [2.45, 2.75) is 4.90 Å². The van der Waals surface area contributed by atoms with Gasteiger partial charge in [-0.3, -0.25) is 14.5 Å². The molecule has 0 aliphatic rings. The second-order valence-electron chi connectivity index (χ2n) is 4.00. The third kappa shape index (κ3) is 3.72. The van der Waals surface area contributed by atoms with Gasteiger partial charge in [-0.15, -0.1) is 0 Å². The summed E-state index contributed by atoms with van der Waals surface area (Å²) >= 11 is 8.95. The van der Waals surface area contributed by atoms with Gasteiger partial charge in [0.2, 0.25) is 5.91 Å². The Morgan fingerprint density at radius 2 is 2.00 bits per heavy atom. The maximum absolute atomic E-state index is 12.2. The largest absolute Gasteiger partial charge is 0.366 e. The molecule has 110 valence electrons. The van der Waals surface area contributed by atoms with Crippen LogP contribution in [0.4, 0.5) is 5.69 Å². The lowest BCUT2D eigenvalue weighted by molar-refractivity contribution is 0.100. The summed E-state index contributed by atoms with van der Waals surface area (Å²) in [6, 6.07) is 5.49. The smallest absolute Gasteiger partial charge is 0.263 e. The number of carbonyl (C=O) groups is 1. The fourth-order valence-corrected chi connectivity index (χ4v) is 3.29. The molecule has 0 atom stereocenters. The van der Waals surface area contributed by atoms with E-state index in [9.17, 15) is 13.2 Å². The van der Waals surface area contributed by atoms with Gasteiger partial charge < -0.3 is 5.73 Å². The quantitative estimate of drug-likeness (QED) is 0.836. The highest BCUT2D eigenvalue weighted by Crippen LogP contribution is 2.23. The molecule has 0 unspecified atom stereocenters. The van der Waals surface area contributed by atoms with Crippen molar-refractivity contribution in [3.63, 3.8) is 0 Å². The minimum absolute atomic E-state index is 0.0209. The molecule has 0 fully saturated rings. The predicted octanol–water partition coefficient (Wildman–Crippen LogP) is 2.40. The van der Waals surface area contributed by atoms with Crippen LogP contribution in [0.3, 0.4) is 0 Å². The van der Waals surface area contributed by atoms with E-state index in [0.717, 1.165) is 0 Å². The number of benzene rings is 1. The number of anilines is 1. The molecule has 2 rings (SSSR count). The number of halogens is 2. The average molecular weight is 391 g/mol. The van der Waals surface area contributed by atoms with Gasteiger partial charge in [-0.2, -0.15) is 0 Å². The molecule has 0 saturated carbocycles. The van der Waals surface area contributed by atoms with E-state index in [1.54, 1.807) is 0 Å². The van der Waals surface area contributed by atoms with Crippen molar-refractivity contribution in [2.24, 2.45) is 5.73 Å². The number of nitrogens with zero attached hydrogens (tertiary/aromatic N) is 1. The molecule has 1 heterocycles. The van der Waals surface area contributed by atoms with Crippen LogP contribution < -0.4 is 10.5 Å². The molecule has 1 aromatic heterocycles. The number of primary amides is 1. The zero-order valence-electron chi connectivity index (χ0n) is 10.4. The molecule has 1 aromatic carbocycles. The predicted molar refractivity (Wildman–Crippen MR) is 82.7 cm³/mol. The SMILES string of the molecule is NC(=O)c1cc(NS(=O)(=O)c2cncc(Br)c2)ccc1Cl. The first-order valence-electron chi connectivity index (χ1n) is 5.52. The van der Waals surface area contributed by atoms with Crippen LogP contribution in [-0.4, -0.2) is 19.3 Å². The molecule has 0 bridgehead atoms. The average Bonchev–Trinajstić information content (AvgIpc) is 2.40. The van der Waals surface area contributed by atoms with Crippen LogP contribution in [-0.2, 0) is 10.0 Å². The third-order valence-corrected chi connectivity index (χ3v) is 4.59. The first-order chi connectivity index (χ1) is 9.79. The van der Waals surface area contributed by atoms with E-state index in [1.807, 2.05) is 0 Å². The van der Waals surface area contributed by atoms with Crippen LogP contribution in [0.2, 0.25) is 5.02 Å². The van der Waals surface area contributed by atoms with E-state index in [4.69, 9.17) is 17.3 Å². The number of amides is 1. The normalized spacial score (nSPS) is 11.1. The Bertz CT molecular complexity index is 811. The minimum Gasteiger partial charge on any atom is -0.366 e. The molecular weight excluding hydrogens is 382 g/mol. The van der Waals surface area contributed by atoms with Crippen LogP contribution in [0.1, 0.15) is 10.4 Å². The van der Waals surface area contributed by atoms with Gasteiger partial charge in [0, 0.05) is 22.6 Å². The summed E-state index contributed by atoms with van der Waals surface area (Å²) in [5.41, 5.74) is 5.37. The molecule has 0 spiro atoms. The second-order valence-corrected chi connectivity index (χ2v) is 7.01. The van der Waals surface area contributed by atoms with Crippen molar-refractivity contribution >= 4 is 49.1 Å². The van der Waals surface area contributed by atoms with Gasteiger partial charge in [0.15, 0.2) is 0 Å². The number of carbonyl (C=O) groups excluding carboxylic acids is 1. The summed E-state index contributed by atoms with van der Waals surface area (Å²) in [4.78, 5) is 15.0. The van der Waals surface area contributed by atoms with E-state index in [-0.39, 0.29) is 21.2 Å². The number of nitrogens with two attached hydrogens (primary N) is 1. The van der Waals surface area contributed by atoms with Gasteiger partial charge in [0.1, 0.15) is 4.90 Å². The Balaban J connectivity index is 2.37. The topological polar surface area (TPSA) is 102 Å². The standard InChI is InChI=1S/C12H9BrClN3O3S/c13-7-3-9(6-16-5-7)21(19,20)17-8-1-2-11(14)10(4-8)12(15)18/h1-6,17H,(H2,15,18). The van der Waals surface area contributed by atoms with E-state index in [0.29, 0.717) is 4.47 Å². The number of nitrogens with one attached hydrogen (secondary N) is 1. The number of pyridine rings is 1. The van der Waals surface area contributed by atoms with Crippen LogP contribution in [0.15, 0.2) is 46.0 Å². The molecule has 0 saturated heterocycles. The summed E-state index contributed by atoms with van der Waals surface area (Å²) < 4.78 is 27.3. The third-order valence-electron chi connectivity index (χ3n) is 2.47. The van der Waals surface area contributed by atoms with Gasteiger partial charge in [-0.1, -0.05) is 11.6 Å². The van der Waals surface area contributed by atoms with Crippen LogP contribution in [0.5, 0.6) is 0 Å². The zero-order valence-corrected chi connectivity index (χ0v) is 13.5. The van der Waals surface area contributed by atoms with Crippen LogP contribution >= 0.6 is 27.5 Å². The van der Waals surface area contributed by atoms with Gasteiger partial charge in [0.05, 0.1) is 10.6 Å². The highest BCUT2D eigenvalue weighted by Gasteiger charge is 2.16. The molecular formula is C12H9BrClN3O3S. The number of sulfonamides is 1. The fraction of sp³-hybridized carbons (Fsp3) is 0. The van der Waals surface area contributed by atoms with Gasteiger partial charge in [0.25, 0.3) is 10.0 Å². The van der Waals surface area contributed by atoms with Crippen molar-refractivity contribution in [3.8, 4) is 0 Å². The Morgan fingerprint density at radius 1 is 1.29 bits per heavy atom. The first-order valence-corrected chi connectivity index (χ1v) is 8.18. The highest BCUT2D eigenvalue weighted by atomic mass is 79.9. The number of hydrogen-bond acceptors (Lipinski definition) is 4. The van der Waals surface area contributed by atoms with E-state index in [1.165, 1.54) is 36.7 Å². The first kappa shape index (κ1) is 15.7. The van der Waals surface area contributed by atoms with E-state index in [2.05, 4.69) is 25.6 Å². The summed E-state index contributed by atoms with van der Waals surface area (Å²) in [6.45, 7) is 0. The lowest BCUT2D eigenvalue weighted by Gasteiger charge is -2.09. The Kier molecular flexibility index (Phi) is 4.50. The maximum Gasteiger partial charge on any atom is 0.263 e. The molecule has 1 amide bonds. The lowest BCUT2D eigenvalue weighted by Crippen LogP contribution is -2.15. The van der Waals surface area contributed by atoms with E-state index < -0.39 is 15.9 Å². The van der Waals surface area contributed by atoms with Gasteiger partial charge in [-0.05, 0) is 40.2 Å². The van der Waals surface area contributed by atoms with Crippen molar-refractivity contribution in [3.05, 3.63) is 51.7 Å². The highest BCUT2D eigenvalue weighted by molar-refractivity contribution is 9.10. The molecule has 21 heavy (non-hydrogen) atoms. The summed E-state index contributed by atoms with van der Waals surface area (Å²) in [5, 5.41) is 0.148. The fourth-order valence-electron chi connectivity index (χ4n) is 1.53. The zero-order chi connectivity index (χ0) is 15.6. The lowest BCUT2D eigenvalue weighted by atomic mass is 10.2. The number of aromatic nitrogens is 1. The van der Waals surface area contributed by atoms with Crippen molar-refractivity contribution in [2.75, 3.05) is 4.72 Å². The van der Waals surface area contributed by atoms with Crippen LogP contribution in [0, 0.1) is 0 Å². The van der Waals surface area contributed by atoms with E-state index >= 15 is 0 Å². The molecule has 0 aliphatic carbocycles. The minimum atomic E-state index is -3.83. The van der Waals surface area contributed by atoms with Crippen molar-refractivity contribution in [1.82, 2.24) is 4.98 Å². The summed E-state index contributed by atoms with van der Waals surface area (Å²) in [7, 11) is -3.83. The molecule has 6 nitrogen and oxygen atoms in total. The van der Waals surface area contributed by atoms with Gasteiger partial charge >= 0.3 is 0 Å². The molecule has 3 N–H and O–H groups in total. The summed E-state index contributed by atoms with van der Waals surface area (Å²) in [5.74, 6) is -0.745. The Hall–Kier alpha value is -1.64. The molecule has 0 radical (unpaired) electrons. The molecule has 0 aliphatic heterocycles. The monoisotopic (exact) mass is 389 g/mol. The Labute approximate surface area is 134 Å². The van der Waals surface area contributed by atoms with Crippen LogP contribution in [0.25, 0.3) is 0 Å². The number of hydrogen-bond donors (Lipinski definition) is 2. The Morgan fingerprint density at radius 3 is 2.62 bits per heavy atom. The molecule has 9 heteroatoms. The van der Waals surface area contributed by atoms with Crippen molar-refractivity contribution < 1.29 is 13.2 Å². The molecule has 2 aromatic rings. The van der Waals surface area contributed by atoms with Crippen molar-refractivity contribution in [1.29, 1.82) is 0 Å². The number of rotatable bonds is 4. The maximum atomic E-state index is 12.2. The second kappa shape index (κ2) is 6.00.